The number of fused-ring (bicyclic) bond motifs is 3. The standard InChI is InChI=1S/C7H13NO/c9-7-5-8-3-1-6(7)2-4-8/h6-7,9H,1-5H2/t7-/m1/s1. The van der Waals surface area contributed by atoms with Gasteiger partial charge in [-0.2, -0.15) is 0 Å². The van der Waals surface area contributed by atoms with Crippen LogP contribution in [0.3, 0.4) is 0 Å². The summed E-state index contributed by atoms with van der Waals surface area (Å²) in [5, 5.41) is 9.36. The fraction of sp³-hybridized carbons (Fsp3) is 1.00. The van der Waals surface area contributed by atoms with E-state index in [4.69, 9.17) is 0 Å². The van der Waals surface area contributed by atoms with Gasteiger partial charge in [0.2, 0.25) is 0 Å². The van der Waals surface area contributed by atoms with Crippen molar-refractivity contribution in [2.45, 2.75) is 18.9 Å². The first kappa shape index (κ1) is 5.69. The van der Waals surface area contributed by atoms with Crippen molar-refractivity contribution in [3.05, 3.63) is 0 Å². The fourth-order valence-electron chi connectivity index (χ4n) is 1.93. The Bertz CT molecular complexity index is 107. The van der Waals surface area contributed by atoms with Crippen LogP contribution in [0, 0.1) is 5.92 Å². The first-order valence-corrected chi connectivity index (χ1v) is 3.76. The third-order valence-electron chi connectivity index (χ3n) is 2.62. The minimum absolute atomic E-state index is 0.00694. The highest BCUT2D eigenvalue weighted by molar-refractivity contribution is 4.85. The van der Waals surface area contributed by atoms with Gasteiger partial charge in [-0.3, -0.25) is 0 Å². The molecule has 3 heterocycles. The topological polar surface area (TPSA) is 23.5 Å². The Balaban J connectivity index is 2.06. The second-order valence-corrected chi connectivity index (χ2v) is 3.21. The van der Waals surface area contributed by atoms with E-state index in [2.05, 4.69) is 4.90 Å². The Kier molecular flexibility index (Phi) is 1.24. The molecule has 2 heteroatoms. The summed E-state index contributed by atoms with van der Waals surface area (Å²) in [6, 6.07) is 0. The molecule has 0 amide bonds. The minimum Gasteiger partial charge on any atom is -0.392 e. The van der Waals surface area contributed by atoms with Crippen molar-refractivity contribution in [1.82, 2.24) is 4.90 Å². The summed E-state index contributed by atoms with van der Waals surface area (Å²) >= 11 is 0. The van der Waals surface area contributed by atoms with Crippen molar-refractivity contribution >= 4 is 0 Å². The number of hydrogen-bond acceptors (Lipinski definition) is 2. The molecular weight excluding hydrogens is 114 g/mol. The molecule has 0 aromatic rings. The zero-order valence-corrected chi connectivity index (χ0v) is 5.58. The number of rotatable bonds is 0. The zero-order chi connectivity index (χ0) is 6.27. The monoisotopic (exact) mass is 127 g/mol. The van der Waals surface area contributed by atoms with E-state index < -0.39 is 0 Å². The molecule has 0 spiro atoms. The first-order valence-electron chi connectivity index (χ1n) is 3.76. The van der Waals surface area contributed by atoms with E-state index in [0.29, 0.717) is 5.92 Å². The van der Waals surface area contributed by atoms with Crippen LogP contribution in [0.1, 0.15) is 12.8 Å². The van der Waals surface area contributed by atoms with E-state index in [0.717, 1.165) is 6.54 Å². The van der Waals surface area contributed by atoms with Crippen LogP contribution < -0.4 is 0 Å². The molecule has 3 aliphatic heterocycles. The quantitative estimate of drug-likeness (QED) is 0.498. The highest BCUT2D eigenvalue weighted by atomic mass is 16.3. The van der Waals surface area contributed by atoms with Crippen LogP contribution in [0.15, 0.2) is 0 Å². The van der Waals surface area contributed by atoms with Crippen LogP contribution in [0.5, 0.6) is 0 Å². The summed E-state index contributed by atoms with van der Waals surface area (Å²) in [6.45, 7) is 3.38. The maximum absolute atomic E-state index is 9.36. The highest BCUT2D eigenvalue weighted by Gasteiger charge is 2.32. The van der Waals surface area contributed by atoms with Crippen LogP contribution in [-0.4, -0.2) is 35.7 Å². The molecule has 0 saturated carbocycles. The van der Waals surface area contributed by atoms with E-state index in [1.165, 1.54) is 25.9 Å². The Morgan fingerprint density at radius 1 is 1.22 bits per heavy atom. The Hall–Kier alpha value is -0.0800. The van der Waals surface area contributed by atoms with E-state index in [9.17, 15) is 5.11 Å². The molecule has 0 aromatic carbocycles. The predicted molar refractivity (Wildman–Crippen MR) is 35.2 cm³/mol. The molecule has 2 bridgehead atoms. The van der Waals surface area contributed by atoms with Crippen LogP contribution in [-0.2, 0) is 0 Å². The number of aliphatic hydroxyl groups is 1. The maximum atomic E-state index is 9.36. The van der Waals surface area contributed by atoms with Crippen molar-refractivity contribution in [3.8, 4) is 0 Å². The average molecular weight is 127 g/mol. The van der Waals surface area contributed by atoms with Gasteiger partial charge in [-0.15, -0.1) is 0 Å². The maximum Gasteiger partial charge on any atom is 0.0696 e. The lowest BCUT2D eigenvalue weighted by atomic mass is 9.86. The lowest BCUT2D eigenvalue weighted by Crippen LogP contribution is -2.50. The molecular formula is C7H13NO. The molecule has 3 rings (SSSR count). The van der Waals surface area contributed by atoms with Gasteiger partial charge < -0.3 is 10.0 Å². The molecule has 9 heavy (non-hydrogen) atoms. The van der Waals surface area contributed by atoms with Gasteiger partial charge in [0.05, 0.1) is 6.10 Å². The molecule has 1 N–H and O–H groups in total. The molecule has 3 fully saturated rings. The molecule has 3 saturated heterocycles. The summed E-state index contributed by atoms with van der Waals surface area (Å²) in [4.78, 5) is 2.35. The number of nitrogens with zero attached hydrogens (tertiary/aromatic N) is 1. The third-order valence-corrected chi connectivity index (χ3v) is 2.62. The van der Waals surface area contributed by atoms with E-state index in [1.54, 1.807) is 0 Å². The van der Waals surface area contributed by atoms with Crippen LogP contribution >= 0.6 is 0 Å². The second-order valence-electron chi connectivity index (χ2n) is 3.21. The largest absolute Gasteiger partial charge is 0.392 e. The Labute approximate surface area is 55.5 Å². The molecule has 0 aromatic heterocycles. The van der Waals surface area contributed by atoms with Gasteiger partial charge in [0.25, 0.3) is 0 Å². The molecule has 52 valence electrons. The first-order chi connectivity index (χ1) is 4.36. The predicted octanol–water partition coefficient (Wildman–Crippen LogP) is 0.0729. The van der Waals surface area contributed by atoms with Crippen molar-refractivity contribution in [1.29, 1.82) is 0 Å². The number of piperidine rings is 3. The van der Waals surface area contributed by atoms with Crippen LogP contribution in [0.25, 0.3) is 0 Å². The molecule has 0 radical (unpaired) electrons. The van der Waals surface area contributed by atoms with Crippen LogP contribution in [0.2, 0.25) is 0 Å². The Morgan fingerprint density at radius 2 is 1.89 bits per heavy atom. The van der Waals surface area contributed by atoms with Gasteiger partial charge in [-0.05, 0) is 31.8 Å². The Morgan fingerprint density at radius 3 is 2.11 bits per heavy atom. The molecule has 0 aliphatic carbocycles. The van der Waals surface area contributed by atoms with Crippen molar-refractivity contribution < 1.29 is 5.11 Å². The third kappa shape index (κ3) is 0.864. The lowest BCUT2D eigenvalue weighted by Gasteiger charge is -2.42. The van der Waals surface area contributed by atoms with Gasteiger partial charge in [-0.25, -0.2) is 0 Å². The summed E-state index contributed by atoms with van der Waals surface area (Å²) in [5.74, 6) is 0.634. The summed E-state index contributed by atoms with van der Waals surface area (Å²) < 4.78 is 0. The lowest BCUT2D eigenvalue weighted by molar-refractivity contribution is -0.0227. The van der Waals surface area contributed by atoms with E-state index in [-0.39, 0.29) is 6.10 Å². The van der Waals surface area contributed by atoms with Crippen molar-refractivity contribution in [2.24, 2.45) is 5.92 Å². The SMILES string of the molecule is O[C@@H]1CN2CCC1CC2. The zero-order valence-electron chi connectivity index (χ0n) is 5.58. The van der Waals surface area contributed by atoms with Gasteiger partial charge in [0.1, 0.15) is 0 Å². The smallest absolute Gasteiger partial charge is 0.0696 e. The van der Waals surface area contributed by atoms with Crippen LogP contribution in [0.4, 0.5) is 0 Å². The number of aliphatic hydroxyl groups excluding tert-OH is 1. The molecule has 0 unspecified atom stereocenters. The summed E-state index contributed by atoms with van der Waals surface area (Å²) in [5.41, 5.74) is 0. The summed E-state index contributed by atoms with van der Waals surface area (Å²) in [6.07, 6.45) is 2.44. The minimum atomic E-state index is -0.00694. The van der Waals surface area contributed by atoms with Crippen molar-refractivity contribution in [2.75, 3.05) is 19.6 Å². The second kappa shape index (κ2) is 1.96. The highest BCUT2D eigenvalue weighted by Crippen LogP contribution is 2.26. The molecule has 3 aliphatic rings. The van der Waals surface area contributed by atoms with Gasteiger partial charge >= 0.3 is 0 Å². The van der Waals surface area contributed by atoms with E-state index >= 15 is 0 Å². The average Bonchev–Trinajstić information content (AvgIpc) is 1.90. The normalized spacial score (nSPS) is 49.7. The van der Waals surface area contributed by atoms with Gasteiger partial charge in [0, 0.05) is 6.54 Å². The van der Waals surface area contributed by atoms with Gasteiger partial charge in [0.15, 0.2) is 0 Å². The van der Waals surface area contributed by atoms with E-state index in [1.807, 2.05) is 0 Å². The van der Waals surface area contributed by atoms with Crippen molar-refractivity contribution in [3.63, 3.8) is 0 Å². The molecule has 1 atom stereocenters. The number of hydrogen-bond donors (Lipinski definition) is 1. The molecule has 2 nitrogen and oxygen atoms in total. The van der Waals surface area contributed by atoms with Gasteiger partial charge in [-0.1, -0.05) is 0 Å². The summed E-state index contributed by atoms with van der Waals surface area (Å²) in [7, 11) is 0. The fourth-order valence-corrected chi connectivity index (χ4v) is 1.93.